The lowest BCUT2D eigenvalue weighted by molar-refractivity contribution is -0.146. The number of thiophene rings is 1. The van der Waals surface area contributed by atoms with Crippen LogP contribution in [-0.2, 0) is 6.54 Å². The fourth-order valence-corrected chi connectivity index (χ4v) is 2.64. The number of hydrogen-bond donors (Lipinski definition) is 1. The molecule has 1 unspecified atom stereocenters. The van der Waals surface area contributed by atoms with E-state index in [4.69, 9.17) is 4.74 Å². The molecule has 0 aliphatic carbocycles. The fourth-order valence-electron chi connectivity index (χ4n) is 1.59. The minimum atomic E-state index is -4.21. The molecular weight excluding hydrogens is 239 g/mol. The Balaban J connectivity index is 2.32. The summed E-state index contributed by atoms with van der Waals surface area (Å²) in [4.78, 5) is 0.851. The Morgan fingerprint density at radius 3 is 2.94 bits per heavy atom. The molecule has 0 bridgehead atoms. The van der Waals surface area contributed by atoms with Crippen LogP contribution < -0.4 is 10.1 Å². The maximum absolute atomic E-state index is 12.6. The molecule has 0 spiro atoms. The first-order chi connectivity index (χ1) is 7.50. The number of halogens is 3. The largest absolute Gasteiger partial charge is 0.491 e. The van der Waals surface area contributed by atoms with Gasteiger partial charge in [0.15, 0.2) is 0 Å². The maximum atomic E-state index is 12.6. The van der Waals surface area contributed by atoms with Crippen molar-refractivity contribution in [2.75, 3.05) is 13.2 Å². The smallest absolute Gasteiger partial charge is 0.395 e. The molecule has 1 aromatic rings. The van der Waals surface area contributed by atoms with Gasteiger partial charge in [-0.05, 0) is 12.3 Å². The second-order valence-corrected chi connectivity index (χ2v) is 4.70. The van der Waals surface area contributed by atoms with E-state index in [1.165, 1.54) is 18.3 Å². The van der Waals surface area contributed by atoms with Gasteiger partial charge in [0.25, 0.3) is 0 Å². The molecule has 1 aliphatic heterocycles. The Morgan fingerprint density at radius 2 is 2.25 bits per heavy atom. The predicted octanol–water partition coefficient (Wildman–Crippen LogP) is 2.90. The molecule has 0 saturated heterocycles. The van der Waals surface area contributed by atoms with Crippen LogP contribution in [0.25, 0.3) is 0 Å². The first kappa shape index (κ1) is 11.7. The van der Waals surface area contributed by atoms with Crippen molar-refractivity contribution in [3.63, 3.8) is 0 Å². The van der Waals surface area contributed by atoms with Gasteiger partial charge in [-0.1, -0.05) is 0 Å². The lowest BCUT2D eigenvalue weighted by atomic mass is 10.0. The predicted molar refractivity (Wildman–Crippen MR) is 56.0 cm³/mol. The van der Waals surface area contributed by atoms with Gasteiger partial charge in [-0.25, -0.2) is 0 Å². The Labute approximate surface area is 95.4 Å². The lowest BCUT2D eigenvalue weighted by Crippen LogP contribution is -2.18. The minimum Gasteiger partial charge on any atom is -0.491 e. The van der Waals surface area contributed by atoms with Crippen molar-refractivity contribution in [2.24, 2.45) is 0 Å². The van der Waals surface area contributed by atoms with Gasteiger partial charge < -0.3 is 10.1 Å². The summed E-state index contributed by atoms with van der Waals surface area (Å²) in [6.45, 7) is 2.84. The van der Waals surface area contributed by atoms with Crippen LogP contribution in [0.1, 0.15) is 23.3 Å². The molecule has 1 aromatic heterocycles. The normalized spacial score (nSPS) is 18.5. The summed E-state index contributed by atoms with van der Waals surface area (Å²) < 4.78 is 43.2. The molecule has 0 amide bonds. The van der Waals surface area contributed by atoms with E-state index in [2.05, 4.69) is 5.32 Å². The molecule has 6 heteroatoms. The van der Waals surface area contributed by atoms with Crippen molar-refractivity contribution >= 4 is 11.3 Å². The molecule has 2 heterocycles. The molecule has 90 valence electrons. The second-order valence-electron chi connectivity index (χ2n) is 3.73. The van der Waals surface area contributed by atoms with E-state index in [1.807, 2.05) is 0 Å². The highest BCUT2D eigenvalue weighted by atomic mass is 32.1. The monoisotopic (exact) mass is 251 g/mol. The SMILES string of the molecule is CC(c1csc2c1OCCNC2)C(F)(F)F. The summed E-state index contributed by atoms with van der Waals surface area (Å²) in [5.41, 5.74) is 0.260. The molecule has 0 aromatic carbocycles. The number of ether oxygens (including phenoxy) is 1. The van der Waals surface area contributed by atoms with E-state index < -0.39 is 12.1 Å². The number of fused-ring (bicyclic) bond motifs is 1. The van der Waals surface area contributed by atoms with E-state index in [0.717, 1.165) is 4.88 Å². The summed E-state index contributed by atoms with van der Waals surface area (Å²) in [6, 6.07) is 0. The van der Waals surface area contributed by atoms with E-state index in [9.17, 15) is 13.2 Å². The van der Waals surface area contributed by atoms with Crippen LogP contribution in [0.4, 0.5) is 13.2 Å². The summed E-state index contributed by atoms with van der Waals surface area (Å²) in [5.74, 6) is -1.04. The van der Waals surface area contributed by atoms with E-state index >= 15 is 0 Å². The Hall–Kier alpha value is -0.750. The number of alkyl halides is 3. The van der Waals surface area contributed by atoms with Gasteiger partial charge in [0, 0.05) is 18.7 Å². The highest BCUT2D eigenvalue weighted by Crippen LogP contribution is 2.43. The third kappa shape index (κ3) is 2.17. The van der Waals surface area contributed by atoms with Crippen molar-refractivity contribution in [1.82, 2.24) is 5.32 Å². The van der Waals surface area contributed by atoms with Crippen molar-refractivity contribution < 1.29 is 17.9 Å². The molecule has 2 rings (SSSR count). The van der Waals surface area contributed by atoms with Gasteiger partial charge in [-0.3, -0.25) is 0 Å². The summed E-state index contributed by atoms with van der Waals surface area (Å²) >= 11 is 1.32. The molecule has 1 N–H and O–H groups in total. The highest BCUT2D eigenvalue weighted by Gasteiger charge is 2.39. The average molecular weight is 251 g/mol. The van der Waals surface area contributed by atoms with Crippen LogP contribution in [-0.4, -0.2) is 19.3 Å². The molecule has 0 fully saturated rings. The minimum absolute atomic E-state index is 0.260. The van der Waals surface area contributed by atoms with Crippen LogP contribution in [0.15, 0.2) is 5.38 Å². The van der Waals surface area contributed by atoms with Gasteiger partial charge in [0.2, 0.25) is 0 Å². The third-order valence-electron chi connectivity index (χ3n) is 2.61. The topological polar surface area (TPSA) is 21.3 Å². The highest BCUT2D eigenvalue weighted by molar-refractivity contribution is 7.10. The summed E-state index contributed by atoms with van der Waals surface area (Å²) in [7, 11) is 0. The summed E-state index contributed by atoms with van der Waals surface area (Å²) in [6.07, 6.45) is -4.21. The van der Waals surface area contributed by atoms with Crippen LogP contribution in [0.3, 0.4) is 0 Å². The maximum Gasteiger partial charge on any atom is 0.395 e. The fraction of sp³-hybridized carbons (Fsp3) is 0.600. The lowest BCUT2D eigenvalue weighted by Gasteiger charge is -2.16. The first-order valence-electron chi connectivity index (χ1n) is 5.00. The molecular formula is C10H12F3NOS. The Morgan fingerprint density at radius 1 is 1.50 bits per heavy atom. The quantitative estimate of drug-likeness (QED) is 0.828. The zero-order valence-corrected chi connectivity index (χ0v) is 9.54. The third-order valence-corrected chi connectivity index (χ3v) is 3.60. The van der Waals surface area contributed by atoms with Gasteiger partial charge in [0.05, 0.1) is 10.8 Å². The van der Waals surface area contributed by atoms with Crippen LogP contribution in [0.2, 0.25) is 0 Å². The molecule has 1 aliphatic rings. The molecule has 2 nitrogen and oxygen atoms in total. The van der Waals surface area contributed by atoms with Gasteiger partial charge in [0.1, 0.15) is 12.4 Å². The van der Waals surface area contributed by atoms with Crippen LogP contribution in [0.5, 0.6) is 5.75 Å². The molecule has 0 saturated carbocycles. The van der Waals surface area contributed by atoms with Crippen molar-refractivity contribution in [2.45, 2.75) is 25.6 Å². The van der Waals surface area contributed by atoms with Gasteiger partial charge in [-0.2, -0.15) is 13.2 Å². The van der Waals surface area contributed by atoms with Crippen molar-refractivity contribution in [3.05, 3.63) is 15.8 Å². The Bertz CT molecular complexity index is 375. The van der Waals surface area contributed by atoms with Gasteiger partial charge in [-0.15, -0.1) is 11.3 Å². The molecule has 0 radical (unpaired) electrons. The van der Waals surface area contributed by atoms with Crippen LogP contribution >= 0.6 is 11.3 Å². The molecule has 1 atom stereocenters. The van der Waals surface area contributed by atoms with E-state index in [1.54, 1.807) is 5.38 Å². The zero-order valence-electron chi connectivity index (χ0n) is 8.73. The van der Waals surface area contributed by atoms with E-state index in [-0.39, 0.29) is 5.56 Å². The van der Waals surface area contributed by atoms with Crippen molar-refractivity contribution in [3.8, 4) is 5.75 Å². The zero-order chi connectivity index (χ0) is 11.8. The van der Waals surface area contributed by atoms with Gasteiger partial charge >= 0.3 is 6.18 Å². The number of nitrogens with one attached hydrogen (secondary N) is 1. The standard InChI is InChI=1S/C10H12F3NOS/c1-6(10(11,12)13)7-5-16-8-4-14-2-3-15-9(7)8/h5-6,14H,2-4H2,1H3. The first-order valence-corrected chi connectivity index (χ1v) is 5.88. The van der Waals surface area contributed by atoms with E-state index in [0.29, 0.717) is 25.4 Å². The van der Waals surface area contributed by atoms with Crippen LogP contribution in [0, 0.1) is 0 Å². The summed E-state index contributed by atoms with van der Waals surface area (Å²) in [5, 5.41) is 4.65. The van der Waals surface area contributed by atoms with Crippen molar-refractivity contribution in [1.29, 1.82) is 0 Å². The Kier molecular flexibility index (Phi) is 3.12. The average Bonchev–Trinajstić information content (AvgIpc) is 2.44. The molecule has 16 heavy (non-hydrogen) atoms. The number of hydrogen-bond acceptors (Lipinski definition) is 3. The number of rotatable bonds is 1. The second kappa shape index (κ2) is 4.25.